The van der Waals surface area contributed by atoms with Gasteiger partial charge in [0.05, 0.1) is 27.7 Å². The molecule has 0 amide bonds. The van der Waals surface area contributed by atoms with Crippen LogP contribution in [0.4, 0.5) is 0 Å². The Bertz CT molecular complexity index is 1310. The molecule has 72 heavy (non-hydrogen) atoms. The first-order valence-corrected chi connectivity index (χ1v) is 32.2. The zero-order chi connectivity index (χ0) is 52.7. The monoisotopic (exact) mass is 1040 g/mol. The van der Waals surface area contributed by atoms with E-state index in [1.165, 1.54) is 218 Å². The van der Waals surface area contributed by atoms with Gasteiger partial charge in [-0.15, -0.1) is 0 Å². The minimum Gasteiger partial charge on any atom is -0.462 e. The van der Waals surface area contributed by atoms with E-state index in [2.05, 4.69) is 50.3 Å². The molecule has 2 unspecified atom stereocenters. The molecule has 0 heterocycles. The summed E-state index contributed by atoms with van der Waals surface area (Å²) >= 11 is 0. The number of quaternary nitrogens is 1. The number of carbonyl (C=O) groups excluding carboxylic acids is 2. The van der Waals surface area contributed by atoms with Crippen molar-refractivity contribution in [3.63, 3.8) is 0 Å². The molecule has 0 aliphatic heterocycles. The Hall–Kier alpha value is -1.77. The van der Waals surface area contributed by atoms with Crippen LogP contribution in [0.1, 0.15) is 296 Å². The van der Waals surface area contributed by atoms with Gasteiger partial charge in [0.2, 0.25) is 0 Å². The summed E-state index contributed by atoms with van der Waals surface area (Å²) in [6.45, 7) is 4.47. The maximum Gasteiger partial charge on any atom is 0.472 e. The van der Waals surface area contributed by atoms with Gasteiger partial charge >= 0.3 is 19.8 Å². The quantitative estimate of drug-likeness (QED) is 0.0211. The molecule has 0 bridgehead atoms. The van der Waals surface area contributed by atoms with Gasteiger partial charge in [-0.3, -0.25) is 18.6 Å². The van der Waals surface area contributed by atoms with Crippen LogP contribution in [0.5, 0.6) is 0 Å². The third-order valence-corrected chi connectivity index (χ3v) is 14.7. The van der Waals surface area contributed by atoms with E-state index in [1.54, 1.807) is 0 Å². The first kappa shape index (κ1) is 70.2. The fourth-order valence-corrected chi connectivity index (χ4v) is 9.65. The zero-order valence-electron chi connectivity index (χ0n) is 48.2. The maximum atomic E-state index is 12.8. The van der Waals surface area contributed by atoms with Crippen molar-refractivity contribution in [2.45, 2.75) is 302 Å². The van der Waals surface area contributed by atoms with Gasteiger partial charge in [-0.25, -0.2) is 4.57 Å². The molecule has 0 saturated heterocycles. The smallest absolute Gasteiger partial charge is 0.462 e. The number of carbonyl (C=O) groups is 2. The molecule has 0 aromatic rings. The molecular formula is C62H119NO8P+. The lowest BCUT2D eigenvalue weighted by atomic mass is 10.0. The summed E-state index contributed by atoms with van der Waals surface area (Å²) in [7, 11) is 1.49. The van der Waals surface area contributed by atoms with Gasteiger partial charge in [-0.05, 0) is 51.4 Å². The van der Waals surface area contributed by atoms with E-state index in [9.17, 15) is 19.0 Å². The number of unbranched alkanes of at least 4 members (excludes halogenated alkanes) is 37. The van der Waals surface area contributed by atoms with Crippen molar-refractivity contribution in [3.8, 4) is 0 Å². The van der Waals surface area contributed by atoms with Crippen LogP contribution in [0.15, 0.2) is 36.5 Å². The van der Waals surface area contributed by atoms with E-state index in [-0.39, 0.29) is 25.6 Å². The molecule has 0 aromatic heterocycles. The predicted molar refractivity (Wildman–Crippen MR) is 307 cm³/mol. The second-order valence-corrected chi connectivity index (χ2v) is 23.6. The average molecular weight is 1040 g/mol. The lowest BCUT2D eigenvalue weighted by molar-refractivity contribution is -0.870. The van der Waals surface area contributed by atoms with E-state index < -0.39 is 26.5 Å². The summed E-state index contributed by atoms with van der Waals surface area (Å²) in [4.78, 5) is 35.7. The number of hydrogen-bond donors (Lipinski definition) is 1. The highest BCUT2D eigenvalue weighted by atomic mass is 31.2. The summed E-state index contributed by atoms with van der Waals surface area (Å²) in [6, 6.07) is 0. The van der Waals surface area contributed by atoms with Crippen LogP contribution in [0.3, 0.4) is 0 Å². The summed E-state index contributed by atoms with van der Waals surface area (Å²) in [5.74, 6) is -0.781. The molecule has 424 valence electrons. The van der Waals surface area contributed by atoms with Gasteiger partial charge in [-0.1, -0.05) is 269 Å². The SMILES string of the molecule is CCCCCCC/C=C\C/C=C\C/C=C\CCCCCCCCCCCCCCCCCCCCC(=O)OC(COC(=O)CCCCCCCCCCCCCCCCC)COP(=O)(O)OCC[N+](C)(C)C. The van der Waals surface area contributed by atoms with Gasteiger partial charge < -0.3 is 18.9 Å². The molecule has 0 aromatic carbocycles. The van der Waals surface area contributed by atoms with E-state index >= 15 is 0 Å². The molecule has 0 saturated carbocycles. The normalized spacial score (nSPS) is 13.5. The molecule has 0 spiro atoms. The minimum atomic E-state index is -4.38. The highest BCUT2D eigenvalue weighted by molar-refractivity contribution is 7.47. The fraction of sp³-hybridized carbons (Fsp3) is 0.871. The second kappa shape index (κ2) is 54.0. The first-order chi connectivity index (χ1) is 35.0. The topological polar surface area (TPSA) is 108 Å². The Morgan fingerprint density at radius 3 is 1.11 bits per heavy atom. The molecule has 0 aliphatic rings. The maximum absolute atomic E-state index is 12.8. The van der Waals surface area contributed by atoms with Crippen LogP contribution in [0.25, 0.3) is 0 Å². The Labute approximate surface area is 446 Å². The number of nitrogens with zero attached hydrogens (tertiary/aromatic N) is 1. The van der Waals surface area contributed by atoms with Crippen molar-refractivity contribution >= 4 is 19.8 Å². The summed E-state index contributed by atoms with van der Waals surface area (Å²) in [6.07, 6.45) is 66.6. The lowest BCUT2D eigenvalue weighted by Crippen LogP contribution is -2.37. The van der Waals surface area contributed by atoms with Gasteiger partial charge in [0.1, 0.15) is 19.8 Å². The number of phosphoric acid groups is 1. The molecule has 10 heteroatoms. The van der Waals surface area contributed by atoms with Crippen molar-refractivity contribution in [3.05, 3.63) is 36.5 Å². The van der Waals surface area contributed by atoms with E-state index in [0.29, 0.717) is 23.9 Å². The van der Waals surface area contributed by atoms with Crippen molar-refractivity contribution < 1.29 is 42.1 Å². The second-order valence-electron chi connectivity index (χ2n) is 22.1. The van der Waals surface area contributed by atoms with Gasteiger partial charge in [0.25, 0.3) is 0 Å². The van der Waals surface area contributed by atoms with Crippen molar-refractivity contribution in [2.24, 2.45) is 0 Å². The summed E-state index contributed by atoms with van der Waals surface area (Å²) in [5.41, 5.74) is 0. The van der Waals surface area contributed by atoms with Crippen LogP contribution in [0, 0.1) is 0 Å². The van der Waals surface area contributed by atoms with Crippen LogP contribution in [-0.4, -0.2) is 74.9 Å². The number of rotatable bonds is 57. The molecule has 0 radical (unpaired) electrons. The minimum absolute atomic E-state index is 0.0345. The number of ether oxygens (including phenoxy) is 2. The molecule has 0 rings (SSSR count). The molecular weight excluding hydrogens is 918 g/mol. The van der Waals surface area contributed by atoms with Crippen molar-refractivity contribution in [2.75, 3.05) is 47.5 Å². The Balaban J connectivity index is 4.00. The van der Waals surface area contributed by atoms with Gasteiger partial charge in [-0.2, -0.15) is 0 Å². The van der Waals surface area contributed by atoms with Crippen LogP contribution in [0.2, 0.25) is 0 Å². The summed E-state index contributed by atoms with van der Waals surface area (Å²) in [5, 5.41) is 0. The molecule has 0 fully saturated rings. The number of likely N-dealkylation sites (N-methyl/N-ethyl adjacent to an activating group) is 1. The van der Waals surface area contributed by atoms with Crippen LogP contribution in [-0.2, 0) is 32.7 Å². The standard InChI is InChI=1S/C62H118NO8P/c1-6-8-10-12-14-16-18-20-22-23-24-25-26-27-28-29-30-31-32-33-34-35-36-37-38-39-41-43-45-47-49-51-53-55-62(65)71-60(59-70-72(66,67)69-57-56-63(3,4)5)58-68-61(64)54-52-50-48-46-44-42-40-21-19-17-15-13-11-9-7-2/h18,20,23-24,26-27,60H,6-17,19,21-22,25,28-59H2,1-5H3/p+1/b20-18-,24-23-,27-26-. The molecule has 0 aliphatic carbocycles. The highest BCUT2D eigenvalue weighted by Crippen LogP contribution is 2.43. The van der Waals surface area contributed by atoms with Gasteiger partial charge in [0.15, 0.2) is 6.10 Å². The third-order valence-electron chi connectivity index (χ3n) is 13.7. The number of esters is 2. The first-order valence-electron chi connectivity index (χ1n) is 30.7. The summed E-state index contributed by atoms with van der Waals surface area (Å²) < 4.78 is 34.6. The third kappa shape index (κ3) is 57.5. The zero-order valence-corrected chi connectivity index (χ0v) is 49.1. The molecule has 9 nitrogen and oxygen atoms in total. The Morgan fingerprint density at radius 1 is 0.431 bits per heavy atom. The molecule has 2 atom stereocenters. The van der Waals surface area contributed by atoms with Gasteiger partial charge in [0, 0.05) is 12.8 Å². The fourth-order valence-electron chi connectivity index (χ4n) is 8.91. The number of phosphoric ester groups is 1. The number of allylic oxidation sites excluding steroid dienone is 6. The van der Waals surface area contributed by atoms with Crippen LogP contribution < -0.4 is 0 Å². The van der Waals surface area contributed by atoms with E-state index in [4.69, 9.17) is 18.5 Å². The van der Waals surface area contributed by atoms with Crippen molar-refractivity contribution in [1.82, 2.24) is 0 Å². The Kier molecular flexibility index (Phi) is 52.7. The van der Waals surface area contributed by atoms with E-state index in [1.807, 2.05) is 21.1 Å². The highest BCUT2D eigenvalue weighted by Gasteiger charge is 2.27. The molecule has 1 N–H and O–H groups in total. The number of hydrogen-bond acceptors (Lipinski definition) is 7. The Morgan fingerprint density at radius 2 is 0.750 bits per heavy atom. The van der Waals surface area contributed by atoms with Crippen molar-refractivity contribution in [1.29, 1.82) is 0 Å². The van der Waals surface area contributed by atoms with E-state index in [0.717, 1.165) is 44.9 Å². The van der Waals surface area contributed by atoms with Crippen LogP contribution >= 0.6 is 7.82 Å². The predicted octanol–water partition coefficient (Wildman–Crippen LogP) is 19.2. The average Bonchev–Trinajstić information content (AvgIpc) is 3.34. The lowest BCUT2D eigenvalue weighted by Gasteiger charge is -2.24. The largest absolute Gasteiger partial charge is 0.472 e.